The number of carbonyl (C=O) groups is 2. The Kier molecular flexibility index (Phi) is 9.96. The van der Waals surface area contributed by atoms with Crippen molar-refractivity contribution in [1.29, 1.82) is 0 Å². The summed E-state index contributed by atoms with van der Waals surface area (Å²) in [4.78, 5) is 25.6. The second-order valence-corrected chi connectivity index (χ2v) is 9.96. The van der Waals surface area contributed by atoms with Crippen molar-refractivity contribution in [3.63, 3.8) is 0 Å². The van der Waals surface area contributed by atoms with Crippen molar-refractivity contribution in [1.82, 2.24) is 10.6 Å². The SMILES string of the molecule is COC(=O)C(CCSC)NC(=O)c1cc(NC[C@@H]2C[C@H](S)CN2)ccc1Cc1ccccc1. The van der Waals surface area contributed by atoms with Gasteiger partial charge < -0.3 is 20.7 Å². The second kappa shape index (κ2) is 12.9. The largest absolute Gasteiger partial charge is 0.467 e. The molecule has 3 N–H and O–H groups in total. The standard InChI is InChI=1S/C25H33N3O3S2/c1-31-25(30)23(10-11-33-2)28-24(29)22-14-19(26-15-20-13-21(32)16-27-20)9-8-18(22)12-17-6-4-3-5-7-17/h3-9,14,20-21,23,26-27,32H,10-13,15-16H2,1-2H3,(H,28,29)/t20-,21-,23?/m0/s1. The maximum Gasteiger partial charge on any atom is 0.328 e. The van der Waals surface area contributed by atoms with Gasteiger partial charge in [0.25, 0.3) is 5.91 Å². The molecular weight excluding hydrogens is 454 g/mol. The van der Waals surface area contributed by atoms with Crippen LogP contribution in [0, 0.1) is 0 Å². The number of esters is 1. The predicted molar refractivity (Wildman–Crippen MR) is 140 cm³/mol. The first-order chi connectivity index (χ1) is 16.0. The molecule has 2 aromatic carbocycles. The highest BCUT2D eigenvalue weighted by Crippen LogP contribution is 2.21. The number of amides is 1. The van der Waals surface area contributed by atoms with Gasteiger partial charge in [-0.15, -0.1) is 0 Å². The first-order valence-electron chi connectivity index (χ1n) is 11.2. The third kappa shape index (κ3) is 7.69. The zero-order valence-electron chi connectivity index (χ0n) is 19.2. The Morgan fingerprint density at radius 2 is 2.03 bits per heavy atom. The van der Waals surface area contributed by atoms with E-state index in [-0.39, 0.29) is 5.91 Å². The Morgan fingerprint density at radius 1 is 1.24 bits per heavy atom. The Morgan fingerprint density at radius 3 is 2.70 bits per heavy atom. The Hall–Kier alpha value is -2.16. The quantitative estimate of drug-likeness (QED) is 0.288. The van der Waals surface area contributed by atoms with Crippen molar-refractivity contribution in [3.8, 4) is 0 Å². The van der Waals surface area contributed by atoms with Crippen LogP contribution in [0.2, 0.25) is 0 Å². The van der Waals surface area contributed by atoms with E-state index in [1.807, 2.05) is 54.8 Å². The van der Waals surface area contributed by atoms with Crippen LogP contribution in [0.25, 0.3) is 0 Å². The molecular formula is C25H33N3O3S2. The van der Waals surface area contributed by atoms with Crippen molar-refractivity contribution in [2.24, 2.45) is 0 Å². The summed E-state index contributed by atoms with van der Waals surface area (Å²) in [5, 5.41) is 10.2. The summed E-state index contributed by atoms with van der Waals surface area (Å²) in [6.07, 6.45) is 4.12. The summed E-state index contributed by atoms with van der Waals surface area (Å²) in [6, 6.07) is 15.6. The van der Waals surface area contributed by atoms with Crippen LogP contribution in [-0.4, -0.2) is 61.4 Å². The second-order valence-electron chi connectivity index (χ2n) is 8.24. The molecule has 8 heteroatoms. The van der Waals surface area contributed by atoms with Crippen molar-refractivity contribution in [2.45, 2.75) is 36.6 Å². The van der Waals surface area contributed by atoms with Crippen molar-refractivity contribution < 1.29 is 14.3 Å². The fraction of sp³-hybridized carbons (Fsp3) is 0.440. The molecule has 3 rings (SSSR count). The molecule has 0 aliphatic carbocycles. The van der Waals surface area contributed by atoms with Crippen molar-refractivity contribution in [3.05, 3.63) is 65.2 Å². The molecule has 0 spiro atoms. The van der Waals surface area contributed by atoms with Crippen LogP contribution >= 0.6 is 24.4 Å². The van der Waals surface area contributed by atoms with E-state index in [0.29, 0.717) is 29.7 Å². The van der Waals surface area contributed by atoms with Gasteiger partial charge in [0.05, 0.1) is 7.11 Å². The normalized spacial score (nSPS) is 18.5. The molecule has 1 unspecified atom stereocenters. The number of nitrogens with one attached hydrogen (secondary N) is 3. The van der Waals surface area contributed by atoms with Crippen LogP contribution in [0.3, 0.4) is 0 Å². The first-order valence-corrected chi connectivity index (χ1v) is 13.1. The fourth-order valence-corrected chi connectivity index (χ4v) is 4.76. The molecule has 0 bridgehead atoms. The van der Waals surface area contributed by atoms with Gasteiger partial charge in [-0.1, -0.05) is 36.4 Å². The summed E-state index contributed by atoms with van der Waals surface area (Å²) in [7, 11) is 1.35. The average Bonchev–Trinajstić information content (AvgIpc) is 3.26. The van der Waals surface area contributed by atoms with E-state index in [1.165, 1.54) is 7.11 Å². The summed E-state index contributed by atoms with van der Waals surface area (Å²) in [5.74, 6) is 0.0550. The molecule has 1 aliphatic rings. The molecule has 33 heavy (non-hydrogen) atoms. The lowest BCUT2D eigenvalue weighted by atomic mass is 9.98. The van der Waals surface area contributed by atoms with Crippen LogP contribution in [0.4, 0.5) is 5.69 Å². The number of methoxy groups -OCH3 is 1. The molecule has 1 heterocycles. The number of hydrogen-bond donors (Lipinski definition) is 4. The molecule has 0 aromatic heterocycles. The van der Waals surface area contributed by atoms with E-state index in [2.05, 4.69) is 28.6 Å². The van der Waals surface area contributed by atoms with Gasteiger partial charge in [-0.3, -0.25) is 4.79 Å². The van der Waals surface area contributed by atoms with E-state index in [9.17, 15) is 9.59 Å². The number of hydrogen-bond acceptors (Lipinski definition) is 7. The van der Waals surface area contributed by atoms with Crippen LogP contribution in [0.15, 0.2) is 48.5 Å². The number of benzene rings is 2. The number of thiol groups is 1. The summed E-state index contributed by atoms with van der Waals surface area (Å²) < 4.78 is 4.91. The molecule has 1 amide bonds. The molecule has 1 aliphatic heterocycles. The maximum atomic E-state index is 13.3. The maximum absolute atomic E-state index is 13.3. The number of thioether (sulfide) groups is 1. The van der Waals surface area contributed by atoms with Crippen molar-refractivity contribution >= 4 is 42.0 Å². The topological polar surface area (TPSA) is 79.5 Å². The Labute approximate surface area is 206 Å². The van der Waals surface area contributed by atoms with Gasteiger partial charge in [0, 0.05) is 35.6 Å². The lowest BCUT2D eigenvalue weighted by molar-refractivity contribution is -0.142. The third-order valence-electron chi connectivity index (χ3n) is 5.74. The minimum Gasteiger partial charge on any atom is -0.467 e. The molecule has 0 radical (unpaired) electrons. The number of rotatable bonds is 11. The van der Waals surface area contributed by atoms with Gasteiger partial charge in [0.1, 0.15) is 6.04 Å². The Bertz CT molecular complexity index is 926. The zero-order valence-corrected chi connectivity index (χ0v) is 20.9. The van der Waals surface area contributed by atoms with Gasteiger partial charge in [0.2, 0.25) is 0 Å². The fourth-order valence-electron chi connectivity index (χ4n) is 3.92. The van der Waals surface area contributed by atoms with Crippen LogP contribution < -0.4 is 16.0 Å². The first kappa shape index (κ1) is 25.5. The van der Waals surface area contributed by atoms with Crippen LogP contribution in [0.5, 0.6) is 0 Å². The predicted octanol–water partition coefficient (Wildman–Crippen LogP) is 3.37. The summed E-state index contributed by atoms with van der Waals surface area (Å²) >= 11 is 6.16. The number of anilines is 1. The molecule has 2 aromatic rings. The van der Waals surface area contributed by atoms with E-state index in [1.54, 1.807) is 11.8 Å². The minimum atomic E-state index is -0.675. The van der Waals surface area contributed by atoms with Gasteiger partial charge in [-0.05, 0) is 54.5 Å². The lowest BCUT2D eigenvalue weighted by Crippen LogP contribution is -2.42. The van der Waals surface area contributed by atoms with Gasteiger partial charge in [-0.2, -0.15) is 24.4 Å². The molecule has 1 saturated heterocycles. The van der Waals surface area contributed by atoms with Gasteiger partial charge in [-0.25, -0.2) is 4.79 Å². The van der Waals surface area contributed by atoms with Crippen LogP contribution in [-0.2, 0) is 16.0 Å². The molecule has 0 saturated carbocycles. The lowest BCUT2D eigenvalue weighted by Gasteiger charge is -2.19. The third-order valence-corrected chi connectivity index (χ3v) is 6.78. The number of ether oxygens (including phenoxy) is 1. The van der Waals surface area contributed by atoms with Crippen LogP contribution in [0.1, 0.15) is 34.3 Å². The van der Waals surface area contributed by atoms with E-state index >= 15 is 0 Å². The molecule has 178 valence electrons. The van der Waals surface area contributed by atoms with Crippen molar-refractivity contribution in [2.75, 3.05) is 37.5 Å². The summed E-state index contributed by atoms with van der Waals surface area (Å²) in [5.41, 5.74) is 3.47. The zero-order chi connectivity index (χ0) is 23.6. The average molecular weight is 488 g/mol. The highest BCUT2D eigenvalue weighted by molar-refractivity contribution is 7.98. The monoisotopic (exact) mass is 487 g/mol. The highest BCUT2D eigenvalue weighted by atomic mass is 32.2. The molecule has 1 fully saturated rings. The molecule has 3 atom stereocenters. The summed E-state index contributed by atoms with van der Waals surface area (Å²) in [6.45, 7) is 1.67. The number of carbonyl (C=O) groups excluding carboxylic acids is 2. The van der Waals surface area contributed by atoms with E-state index in [0.717, 1.165) is 42.1 Å². The Balaban J connectivity index is 1.80. The van der Waals surface area contributed by atoms with E-state index < -0.39 is 12.0 Å². The molecule has 6 nitrogen and oxygen atoms in total. The van der Waals surface area contributed by atoms with Gasteiger partial charge in [0.15, 0.2) is 0 Å². The minimum absolute atomic E-state index is 0.268. The highest BCUT2D eigenvalue weighted by Gasteiger charge is 2.24. The van der Waals surface area contributed by atoms with E-state index in [4.69, 9.17) is 4.74 Å². The van der Waals surface area contributed by atoms with Gasteiger partial charge >= 0.3 is 5.97 Å². The smallest absolute Gasteiger partial charge is 0.328 e.